The predicted molar refractivity (Wildman–Crippen MR) is 114 cm³/mol. The summed E-state index contributed by atoms with van der Waals surface area (Å²) in [7, 11) is 0. The van der Waals surface area contributed by atoms with Gasteiger partial charge in [-0.15, -0.1) is 0 Å². The molecule has 0 unspecified atom stereocenters. The largest absolute Gasteiger partial charge is 0.494 e. The van der Waals surface area contributed by atoms with Gasteiger partial charge in [0.15, 0.2) is 0 Å². The molecule has 0 aliphatic rings. The lowest BCUT2D eigenvalue weighted by Gasteiger charge is -2.23. The molecule has 0 saturated carbocycles. The van der Waals surface area contributed by atoms with Crippen LogP contribution in [0.15, 0.2) is 66.9 Å². The monoisotopic (exact) mass is 375 g/mol. The number of nitrogens with zero attached hydrogens (tertiary/aromatic N) is 2. The Morgan fingerprint density at radius 1 is 1.04 bits per heavy atom. The number of ether oxygens (including phenoxy) is 1. The number of amides is 1. The van der Waals surface area contributed by atoms with E-state index < -0.39 is 0 Å². The molecule has 0 saturated heterocycles. The van der Waals surface area contributed by atoms with Gasteiger partial charge >= 0.3 is 0 Å². The second kappa shape index (κ2) is 9.04. The minimum atomic E-state index is -0.241. The first-order valence-electron chi connectivity index (χ1n) is 9.45. The highest BCUT2D eigenvalue weighted by Gasteiger charge is 2.11. The van der Waals surface area contributed by atoms with E-state index in [9.17, 15) is 4.79 Å². The van der Waals surface area contributed by atoms with Crippen LogP contribution in [0.1, 0.15) is 29.9 Å². The first kappa shape index (κ1) is 19.4. The zero-order chi connectivity index (χ0) is 19.9. The van der Waals surface area contributed by atoms with Gasteiger partial charge in [-0.1, -0.05) is 12.1 Å². The summed E-state index contributed by atoms with van der Waals surface area (Å²) in [5.41, 5.74) is 4.34. The van der Waals surface area contributed by atoms with Gasteiger partial charge < -0.3 is 15.0 Å². The lowest BCUT2D eigenvalue weighted by Crippen LogP contribution is -2.18. The zero-order valence-corrected chi connectivity index (χ0v) is 16.5. The van der Waals surface area contributed by atoms with E-state index in [0.717, 1.165) is 23.7 Å². The summed E-state index contributed by atoms with van der Waals surface area (Å²) in [4.78, 5) is 19.0. The number of carbonyl (C=O) groups is 1. The molecule has 5 heteroatoms. The minimum absolute atomic E-state index is 0.241. The topological polar surface area (TPSA) is 54.5 Å². The van der Waals surface area contributed by atoms with Crippen molar-refractivity contribution in [1.82, 2.24) is 4.98 Å². The third kappa shape index (κ3) is 4.68. The van der Waals surface area contributed by atoms with E-state index in [4.69, 9.17) is 4.74 Å². The molecule has 1 aromatic heterocycles. The Labute approximate surface area is 166 Å². The normalized spacial score (nSPS) is 10.4. The van der Waals surface area contributed by atoms with E-state index in [1.54, 1.807) is 12.3 Å². The Hall–Kier alpha value is -3.34. The van der Waals surface area contributed by atoms with Crippen LogP contribution in [0, 0.1) is 6.92 Å². The maximum absolute atomic E-state index is 12.5. The van der Waals surface area contributed by atoms with Crippen LogP contribution in [-0.2, 0) is 0 Å². The molecular weight excluding hydrogens is 350 g/mol. The van der Waals surface area contributed by atoms with Gasteiger partial charge in [0.2, 0.25) is 0 Å². The van der Waals surface area contributed by atoms with Gasteiger partial charge in [0, 0.05) is 17.9 Å². The van der Waals surface area contributed by atoms with Crippen LogP contribution in [0.4, 0.5) is 17.1 Å². The number of aryl methyl sites for hydroxylation is 1. The summed E-state index contributed by atoms with van der Waals surface area (Å²) in [5, 5.41) is 2.86. The van der Waals surface area contributed by atoms with Crippen LogP contribution in [0.3, 0.4) is 0 Å². The molecule has 1 heterocycles. The van der Waals surface area contributed by atoms with Crippen molar-refractivity contribution in [3.63, 3.8) is 0 Å². The third-order valence-corrected chi connectivity index (χ3v) is 4.34. The number of anilines is 3. The van der Waals surface area contributed by atoms with Gasteiger partial charge in [-0.05, 0) is 74.9 Å². The fourth-order valence-corrected chi connectivity index (χ4v) is 2.99. The number of hydrogen-bond acceptors (Lipinski definition) is 4. The first-order valence-corrected chi connectivity index (χ1v) is 9.45. The van der Waals surface area contributed by atoms with E-state index in [1.807, 2.05) is 43.3 Å². The number of carbonyl (C=O) groups excluding carboxylic acids is 1. The number of pyridine rings is 1. The molecule has 5 nitrogen and oxygen atoms in total. The maximum atomic E-state index is 12.5. The van der Waals surface area contributed by atoms with Gasteiger partial charge in [-0.25, -0.2) is 4.98 Å². The molecule has 0 bridgehead atoms. The Balaban J connectivity index is 1.71. The van der Waals surface area contributed by atoms with E-state index >= 15 is 0 Å². The molecule has 0 aliphatic heterocycles. The third-order valence-electron chi connectivity index (χ3n) is 4.34. The van der Waals surface area contributed by atoms with Gasteiger partial charge in [-0.3, -0.25) is 4.79 Å². The summed E-state index contributed by atoms with van der Waals surface area (Å²) in [6.45, 7) is 7.52. The van der Waals surface area contributed by atoms with Crippen molar-refractivity contribution in [2.45, 2.75) is 20.8 Å². The van der Waals surface area contributed by atoms with Crippen LogP contribution in [0.25, 0.3) is 0 Å². The van der Waals surface area contributed by atoms with E-state index in [0.29, 0.717) is 18.0 Å². The quantitative estimate of drug-likeness (QED) is 0.617. The SMILES string of the molecule is CCOc1ccc(NC(=O)c2ccc(N(CC)c3cccc(C)c3)cn2)cc1. The standard InChI is InChI=1S/C23H25N3O2/c1-4-26(19-8-6-7-17(3)15-19)20-11-14-22(24-16-20)23(27)25-18-9-12-21(13-10-18)28-5-2/h6-16H,4-5H2,1-3H3,(H,25,27). The molecule has 1 amide bonds. The highest BCUT2D eigenvalue weighted by atomic mass is 16.5. The van der Waals surface area contributed by atoms with Crippen molar-refractivity contribution in [2.24, 2.45) is 0 Å². The van der Waals surface area contributed by atoms with Crippen LogP contribution in [0.2, 0.25) is 0 Å². The zero-order valence-electron chi connectivity index (χ0n) is 16.5. The summed E-state index contributed by atoms with van der Waals surface area (Å²) >= 11 is 0. The molecule has 3 aromatic rings. The Kier molecular flexibility index (Phi) is 6.27. The highest BCUT2D eigenvalue weighted by molar-refractivity contribution is 6.03. The smallest absolute Gasteiger partial charge is 0.274 e. The summed E-state index contributed by atoms with van der Waals surface area (Å²) in [6.07, 6.45) is 1.74. The Bertz CT molecular complexity index is 921. The molecular formula is C23H25N3O2. The van der Waals surface area contributed by atoms with Crippen LogP contribution < -0.4 is 15.0 Å². The average molecular weight is 375 g/mol. The molecule has 0 fully saturated rings. The Morgan fingerprint density at radius 2 is 1.82 bits per heavy atom. The molecule has 0 aliphatic carbocycles. The van der Waals surface area contributed by atoms with Crippen molar-refractivity contribution >= 4 is 23.0 Å². The van der Waals surface area contributed by atoms with Gasteiger partial charge in [0.1, 0.15) is 11.4 Å². The van der Waals surface area contributed by atoms with Crippen molar-refractivity contribution in [3.8, 4) is 5.75 Å². The maximum Gasteiger partial charge on any atom is 0.274 e. The highest BCUT2D eigenvalue weighted by Crippen LogP contribution is 2.25. The molecule has 1 N–H and O–H groups in total. The lowest BCUT2D eigenvalue weighted by molar-refractivity contribution is 0.102. The summed E-state index contributed by atoms with van der Waals surface area (Å²) < 4.78 is 5.41. The Morgan fingerprint density at radius 3 is 2.43 bits per heavy atom. The van der Waals surface area contributed by atoms with Crippen molar-refractivity contribution in [3.05, 3.63) is 78.1 Å². The van der Waals surface area contributed by atoms with Crippen molar-refractivity contribution < 1.29 is 9.53 Å². The average Bonchev–Trinajstić information content (AvgIpc) is 2.71. The van der Waals surface area contributed by atoms with Gasteiger partial charge in [0.05, 0.1) is 18.5 Å². The molecule has 144 valence electrons. The number of rotatable bonds is 7. The molecule has 0 atom stereocenters. The van der Waals surface area contributed by atoms with E-state index in [2.05, 4.69) is 47.2 Å². The molecule has 28 heavy (non-hydrogen) atoms. The summed E-state index contributed by atoms with van der Waals surface area (Å²) in [5.74, 6) is 0.535. The predicted octanol–water partition coefficient (Wildman–Crippen LogP) is 5.20. The first-order chi connectivity index (χ1) is 13.6. The molecule has 3 rings (SSSR count). The van der Waals surface area contributed by atoms with Crippen molar-refractivity contribution in [1.29, 1.82) is 0 Å². The molecule has 0 radical (unpaired) electrons. The van der Waals surface area contributed by atoms with E-state index in [1.165, 1.54) is 5.56 Å². The molecule has 0 spiro atoms. The van der Waals surface area contributed by atoms with Gasteiger partial charge in [0.25, 0.3) is 5.91 Å². The van der Waals surface area contributed by atoms with Crippen molar-refractivity contribution in [2.75, 3.05) is 23.4 Å². The van der Waals surface area contributed by atoms with E-state index in [-0.39, 0.29) is 5.91 Å². The number of aromatic nitrogens is 1. The van der Waals surface area contributed by atoms with Gasteiger partial charge in [-0.2, -0.15) is 0 Å². The van der Waals surface area contributed by atoms with Crippen LogP contribution >= 0.6 is 0 Å². The minimum Gasteiger partial charge on any atom is -0.494 e. The second-order valence-electron chi connectivity index (χ2n) is 6.40. The number of hydrogen-bond donors (Lipinski definition) is 1. The fraction of sp³-hybridized carbons (Fsp3) is 0.217. The lowest BCUT2D eigenvalue weighted by atomic mass is 10.2. The number of benzene rings is 2. The van der Waals surface area contributed by atoms with Crippen LogP contribution in [0.5, 0.6) is 5.75 Å². The fourth-order valence-electron chi connectivity index (χ4n) is 2.99. The number of nitrogens with one attached hydrogen (secondary N) is 1. The molecule has 2 aromatic carbocycles. The summed E-state index contributed by atoms with van der Waals surface area (Å²) in [6, 6.07) is 19.3. The second-order valence-corrected chi connectivity index (χ2v) is 6.40. The van der Waals surface area contributed by atoms with Crippen LogP contribution in [-0.4, -0.2) is 24.0 Å².